The first-order valence-corrected chi connectivity index (χ1v) is 7.31. The van der Waals surface area contributed by atoms with Crippen molar-refractivity contribution in [3.8, 4) is 0 Å². The van der Waals surface area contributed by atoms with Crippen LogP contribution >= 0.6 is 0 Å². The van der Waals surface area contributed by atoms with Crippen LogP contribution < -0.4 is 5.32 Å². The molecule has 1 aliphatic rings. The Labute approximate surface area is 134 Å². The van der Waals surface area contributed by atoms with E-state index in [1.165, 1.54) is 5.56 Å². The van der Waals surface area contributed by atoms with Crippen LogP contribution in [0.25, 0.3) is 0 Å². The summed E-state index contributed by atoms with van der Waals surface area (Å²) < 4.78 is 1.72. The van der Waals surface area contributed by atoms with E-state index in [1.807, 2.05) is 37.3 Å². The Morgan fingerprint density at radius 1 is 1.22 bits per heavy atom. The first-order chi connectivity index (χ1) is 11.2. The zero-order valence-electron chi connectivity index (χ0n) is 12.8. The molecule has 0 saturated heterocycles. The number of amides is 2. The monoisotopic (exact) mass is 309 g/mol. The topological polar surface area (TPSA) is 66.1 Å². The maximum absolute atomic E-state index is 11.8. The average molecular weight is 309 g/mol. The van der Waals surface area contributed by atoms with Gasteiger partial charge in [-0.05, 0) is 19.1 Å². The maximum atomic E-state index is 11.8. The molecule has 116 valence electrons. The third-order valence-corrected chi connectivity index (χ3v) is 3.32. The molecule has 0 fully saturated rings. The summed E-state index contributed by atoms with van der Waals surface area (Å²) in [5.74, 6) is 0.283. The van der Waals surface area contributed by atoms with Crippen LogP contribution in [-0.4, -0.2) is 23.2 Å². The van der Waals surface area contributed by atoms with E-state index in [0.29, 0.717) is 18.8 Å². The Hall–Kier alpha value is -3.02. The lowest BCUT2D eigenvalue weighted by atomic mass is 10.1. The molecule has 3 rings (SSSR count). The van der Waals surface area contributed by atoms with E-state index in [-0.39, 0.29) is 5.90 Å². The van der Waals surface area contributed by atoms with E-state index >= 15 is 0 Å². The number of anilines is 1. The Balaban J connectivity index is 1.55. The van der Waals surface area contributed by atoms with Crippen molar-refractivity contribution in [2.45, 2.75) is 13.5 Å². The Morgan fingerprint density at radius 3 is 2.70 bits per heavy atom. The van der Waals surface area contributed by atoms with Crippen LogP contribution in [0.2, 0.25) is 0 Å². The molecule has 1 heterocycles. The maximum Gasteiger partial charge on any atom is 0.348 e. The molecule has 23 heavy (non-hydrogen) atoms. The summed E-state index contributed by atoms with van der Waals surface area (Å²) in [6.07, 6.45) is 0. The first kappa shape index (κ1) is 14.9. The summed E-state index contributed by atoms with van der Waals surface area (Å²) in [7, 11) is 0. The van der Waals surface area contributed by atoms with Gasteiger partial charge < -0.3 is 5.32 Å². The highest BCUT2D eigenvalue weighted by atomic mass is 16.7. The highest BCUT2D eigenvalue weighted by molar-refractivity contribution is 5.98. The molecule has 0 atom stereocenters. The molecule has 2 aromatic carbocycles. The Bertz CT molecular complexity index is 752. The number of hydrogen-bond acceptors (Lipinski definition) is 3. The van der Waals surface area contributed by atoms with Crippen molar-refractivity contribution in [1.82, 2.24) is 0 Å². The number of benzene rings is 2. The number of aliphatic imine (C=N–C) groups is 1. The van der Waals surface area contributed by atoms with Gasteiger partial charge in [-0.1, -0.05) is 52.7 Å². The number of carbonyl (C=O) groups is 1. The number of urea groups is 1. The molecule has 0 aromatic heterocycles. The van der Waals surface area contributed by atoms with Crippen LogP contribution in [0.4, 0.5) is 10.5 Å². The molecule has 1 N–H and O–H groups in total. The molecular formula is C17H17N4O2+. The van der Waals surface area contributed by atoms with Gasteiger partial charge in [0.1, 0.15) is 0 Å². The zero-order valence-corrected chi connectivity index (χ0v) is 12.8. The summed E-state index contributed by atoms with van der Waals surface area (Å²) >= 11 is 0. The highest BCUT2D eigenvalue weighted by Crippen LogP contribution is 2.09. The lowest BCUT2D eigenvalue weighted by Crippen LogP contribution is -2.16. The van der Waals surface area contributed by atoms with E-state index in [0.717, 1.165) is 5.56 Å². The molecule has 6 nitrogen and oxygen atoms in total. The van der Waals surface area contributed by atoms with Gasteiger partial charge in [-0.2, -0.15) is 4.99 Å². The number of hydrogen-bond donors (Lipinski definition) is 1. The van der Waals surface area contributed by atoms with E-state index < -0.39 is 6.03 Å². The molecule has 0 unspecified atom stereocenters. The molecule has 2 amide bonds. The predicted molar refractivity (Wildman–Crippen MR) is 86.4 cm³/mol. The van der Waals surface area contributed by atoms with Crippen molar-refractivity contribution >= 4 is 17.6 Å². The number of nitrogens with zero attached hydrogens (tertiary/aromatic N) is 3. The summed E-state index contributed by atoms with van der Waals surface area (Å²) in [6, 6.07) is 16.9. The van der Waals surface area contributed by atoms with Gasteiger partial charge in [-0.3, -0.25) is 4.84 Å². The second-order valence-corrected chi connectivity index (χ2v) is 5.28. The highest BCUT2D eigenvalue weighted by Gasteiger charge is 2.24. The van der Waals surface area contributed by atoms with Crippen molar-refractivity contribution in [2.75, 3.05) is 11.9 Å². The van der Waals surface area contributed by atoms with Gasteiger partial charge in [-0.25, -0.2) is 4.79 Å². The first-order valence-electron chi connectivity index (χ1n) is 7.31. The number of nitrogens with one attached hydrogen (secondary N) is 1. The van der Waals surface area contributed by atoms with Gasteiger partial charge in [0, 0.05) is 11.3 Å². The molecule has 0 bridgehead atoms. The molecule has 0 spiro atoms. The molecule has 0 aliphatic carbocycles. The van der Waals surface area contributed by atoms with Crippen molar-refractivity contribution < 1.29 is 14.3 Å². The predicted octanol–water partition coefficient (Wildman–Crippen LogP) is 3.54. The van der Waals surface area contributed by atoms with Gasteiger partial charge in [0.05, 0.1) is 0 Å². The lowest BCUT2D eigenvalue weighted by molar-refractivity contribution is -0.600. The fourth-order valence-corrected chi connectivity index (χ4v) is 2.15. The third-order valence-electron chi connectivity index (χ3n) is 3.32. The summed E-state index contributed by atoms with van der Waals surface area (Å²) in [4.78, 5) is 20.8. The fourth-order valence-electron chi connectivity index (χ4n) is 2.15. The van der Waals surface area contributed by atoms with Crippen molar-refractivity contribution in [3.63, 3.8) is 0 Å². The Morgan fingerprint density at radius 2 is 1.96 bits per heavy atom. The number of aryl methyl sites for hydroxylation is 1. The van der Waals surface area contributed by atoms with Crippen LogP contribution in [0.3, 0.4) is 0 Å². The molecule has 0 saturated carbocycles. The number of para-hydroxylation sites is 1. The smallest absolute Gasteiger partial charge is 0.306 e. The van der Waals surface area contributed by atoms with Crippen LogP contribution in [-0.2, 0) is 11.4 Å². The van der Waals surface area contributed by atoms with Crippen molar-refractivity contribution in [1.29, 1.82) is 0 Å². The minimum Gasteiger partial charge on any atom is -0.306 e. The number of carbonyl (C=O) groups excluding carboxylic acids is 1. The third kappa shape index (κ3) is 4.23. The van der Waals surface area contributed by atoms with E-state index in [9.17, 15) is 4.79 Å². The molecule has 0 radical (unpaired) electrons. The van der Waals surface area contributed by atoms with Crippen LogP contribution in [0.15, 0.2) is 64.9 Å². The summed E-state index contributed by atoms with van der Waals surface area (Å²) in [5, 5.41) is 6.59. The van der Waals surface area contributed by atoms with Gasteiger partial charge in [-0.15, -0.1) is 0 Å². The summed E-state index contributed by atoms with van der Waals surface area (Å²) in [6.45, 7) is 3.03. The van der Waals surface area contributed by atoms with Gasteiger partial charge in [0.25, 0.3) is 6.54 Å². The van der Waals surface area contributed by atoms with Gasteiger partial charge in [0.2, 0.25) is 0 Å². The van der Waals surface area contributed by atoms with Crippen molar-refractivity contribution in [3.05, 3.63) is 65.7 Å². The van der Waals surface area contributed by atoms with E-state index in [4.69, 9.17) is 4.84 Å². The molecular weight excluding hydrogens is 292 g/mol. The normalized spacial score (nSPS) is 15.2. The lowest BCUT2D eigenvalue weighted by Gasteiger charge is -1.99. The van der Waals surface area contributed by atoms with Gasteiger partial charge >= 0.3 is 11.9 Å². The standard InChI is InChI=1S/C17H16N4O2/c1-13-7-9-14(10-8-13)11-21-12-16(23-20-21)19-17(22)18-15-5-3-2-4-6-15/h2-10H,11-12H2,1H3/p+1/b19-16+. The molecule has 6 heteroatoms. The zero-order chi connectivity index (χ0) is 16.1. The Kier molecular flexibility index (Phi) is 4.42. The number of rotatable bonds is 3. The van der Waals surface area contributed by atoms with Crippen molar-refractivity contribution in [2.24, 2.45) is 10.3 Å². The molecule has 1 aliphatic heterocycles. The van der Waals surface area contributed by atoms with Crippen LogP contribution in [0.1, 0.15) is 11.1 Å². The second-order valence-electron chi connectivity index (χ2n) is 5.28. The second kappa shape index (κ2) is 6.83. The summed E-state index contributed by atoms with van der Waals surface area (Å²) in [5.41, 5.74) is 3.02. The minimum atomic E-state index is -0.474. The average Bonchev–Trinajstić information content (AvgIpc) is 2.97. The quantitative estimate of drug-likeness (QED) is 0.881. The van der Waals surface area contributed by atoms with E-state index in [1.54, 1.807) is 16.8 Å². The fraction of sp³-hybridized carbons (Fsp3) is 0.176. The SMILES string of the molecule is Cc1ccc(C[N+]2=NO/C(=N/C(=O)Nc3ccccc3)C2)cc1. The van der Waals surface area contributed by atoms with Gasteiger partial charge in [0.15, 0.2) is 11.8 Å². The molecule has 2 aromatic rings. The largest absolute Gasteiger partial charge is 0.348 e. The van der Waals surface area contributed by atoms with Crippen LogP contribution in [0, 0.1) is 6.92 Å². The minimum absolute atomic E-state index is 0.283. The van der Waals surface area contributed by atoms with Crippen LogP contribution in [0.5, 0.6) is 0 Å². The van der Waals surface area contributed by atoms with E-state index in [2.05, 4.69) is 27.7 Å².